The molecule has 0 aromatic heterocycles. The van der Waals surface area contributed by atoms with Gasteiger partial charge in [-0.05, 0) is 60.8 Å². The number of rotatable bonds is 5. The lowest BCUT2D eigenvalue weighted by molar-refractivity contribution is -0.152. The van der Waals surface area contributed by atoms with Crippen LogP contribution in [0.5, 0.6) is 5.75 Å². The van der Waals surface area contributed by atoms with E-state index in [1.54, 1.807) is 7.11 Å². The Hall–Kier alpha value is -2.10. The summed E-state index contributed by atoms with van der Waals surface area (Å²) in [5.41, 5.74) is 1.57. The Morgan fingerprint density at radius 1 is 1.18 bits per heavy atom. The number of ketones is 1. The summed E-state index contributed by atoms with van der Waals surface area (Å²) in [6.07, 6.45) is 6.26. The highest BCUT2D eigenvalue weighted by molar-refractivity contribution is 6.00. The van der Waals surface area contributed by atoms with Crippen LogP contribution >= 0.6 is 0 Å². The molecule has 152 valence electrons. The summed E-state index contributed by atoms with van der Waals surface area (Å²) >= 11 is 0. The lowest BCUT2D eigenvalue weighted by atomic mass is 9.64. The molecule has 1 aromatic rings. The molecule has 0 saturated heterocycles. The molecule has 0 aliphatic heterocycles. The fourth-order valence-electron chi connectivity index (χ4n) is 4.69. The summed E-state index contributed by atoms with van der Waals surface area (Å²) < 4.78 is 11.4. The number of hydrogen-bond donors (Lipinski definition) is 0. The van der Waals surface area contributed by atoms with Crippen molar-refractivity contribution in [3.63, 3.8) is 0 Å². The van der Waals surface area contributed by atoms with E-state index in [0.717, 1.165) is 31.4 Å². The average molecular weight is 385 g/mol. The SMILES string of the molecule is COc1cccc(C(C)(C)[C@@H]2CC[C@@H](C)C[C@H]2OC(=O)C2=CC(=O)CCC2)c1. The molecule has 0 bridgehead atoms. The molecule has 0 heterocycles. The molecule has 0 radical (unpaired) electrons. The number of esters is 1. The first-order chi connectivity index (χ1) is 13.3. The number of methoxy groups -OCH3 is 1. The zero-order chi connectivity index (χ0) is 20.3. The molecule has 0 unspecified atom stereocenters. The Bertz CT molecular complexity index is 762. The average Bonchev–Trinajstić information content (AvgIpc) is 2.68. The van der Waals surface area contributed by atoms with Gasteiger partial charge in [-0.1, -0.05) is 39.3 Å². The number of hydrogen-bond acceptors (Lipinski definition) is 4. The Labute approximate surface area is 168 Å². The second-order valence-corrected chi connectivity index (χ2v) is 8.91. The number of carbonyl (C=O) groups excluding carboxylic acids is 2. The zero-order valence-corrected chi connectivity index (χ0v) is 17.5. The van der Waals surface area contributed by atoms with E-state index in [-0.39, 0.29) is 29.2 Å². The van der Waals surface area contributed by atoms with Crippen LogP contribution in [0.25, 0.3) is 0 Å². The van der Waals surface area contributed by atoms with Crippen LogP contribution in [0.2, 0.25) is 0 Å². The Morgan fingerprint density at radius 3 is 2.68 bits per heavy atom. The Morgan fingerprint density at radius 2 is 1.96 bits per heavy atom. The normalized spacial score (nSPS) is 25.8. The van der Waals surface area contributed by atoms with Crippen molar-refractivity contribution in [3.05, 3.63) is 41.5 Å². The van der Waals surface area contributed by atoms with Gasteiger partial charge in [0.2, 0.25) is 0 Å². The van der Waals surface area contributed by atoms with Crippen molar-refractivity contribution in [3.8, 4) is 5.75 Å². The standard InChI is InChI=1S/C24H32O4/c1-16-11-12-21(24(2,3)18-8-6-10-20(15-18)27-4)22(13-16)28-23(26)17-7-5-9-19(25)14-17/h6,8,10,14-16,21-22H,5,7,9,11-13H2,1-4H3/t16-,21-,22-/m1/s1. The third-order valence-corrected chi connectivity index (χ3v) is 6.52. The minimum Gasteiger partial charge on any atom is -0.497 e. The maximum Gasteiger partial charge on any atom is 0.334 e. The topological polar surface area (TPSA) is 52.6 Å². The van der Waals surface area contributed by atoms with E-state index >= 15 is 0 Å². The van der Waals surface area contributed by atoms with E-state index in [4.69, 9.17) is 9.47 Å². The van der Waals surface area contributed by atoms with Crippen LogP contribution in [-0.4, -0.2) is 25.0 Å². The van der Waals surface area contributed by atoms with Gasteiger partial charge in [-0.25, -0.2) is 4.79 Å². The molecule has 0 amide bonds. The molecule has 3 atom stereocenters. The molecule has 28 heavy (non-hydrogen) atoms. The summed E-state index contributed by atoms with van der Waals surface area (Å²) in [4.78, 5) is 24.5. The smallest absolute Gasteiger partial charge is 0.334 e. The van der Waals surface area contributed by atoms with Crippen LogP contribution in [0, 0.1) is 11.8 Å². The van der Waals surface area contributed by atoms with E-state index in [0.29, 0.717) is 24.3 Å². The molecule has 1 fully saturated rings. The zero-order valence-electron chi connectivity index (χ0n) is 17.5. The summed E-state index contributed by atoms with van der Waals surface area (Å²) in [6, 6.07) is 8.18. The highest BCUT2D eigenvalue weighted by Gasteiger charge is 2.42. The second-order valence-electron chi connectivity index (χ2n) is 8.91. The van der Waals surface area contributed by atoms with E-state index in [1.807, 2.05) is 12.1 Å². The first kappa shape index (κ1) is 20.6. The van der Waals surface area contributed by atoms with Crippen LogP contribution in [0.15, 0.2) is 35.9 Å². The van der Waals surface area contributed by atoms with Gasteiger partial charge in [0.1, 0.15) is 11.9 Å². The molecule has 0 spiro atoms. The van der Waals surface area contributed by atoms with Gasteiger partial charge in [0.15, 0.2) is 5.78 Å². The number of carbonyl (C=O) groups is 2. The molecule has 4 nitrogen and oxygen atoms in total. The number of ether oxygens (including phenoxy) is 2. The minimum atomic E-state index is -0.307. The van der Waals surface area contributed by atoms with E-state index in [2.05, 4.69) is 32.9 Å². The Balaban J connectivity index is 1.83. The molecule has 1 aromatic carbocycles. The van der Waals surface area contributed by atoms with Crippen LogP contribution in [0.1, 0.15) is 64.9 Å². The summed E-state index contributed by atoms with van der Waals surface area (Å²) in [5.74, 6) is 1.31. The van der Waals surface area contributed by atoms with E-state index < -0.39 is 0 Å². The van der Waals surface area contributed by atoms with Gasteiger partial charge in [0, 0.05) is 17.9 Å². The highest BCUT2D eigenvalue weighted by atomic mass is 16.5. The van der Waals surface area contributed by atoms with Crippen LogP contribution in [-0.2, 0) is 19.7 Å². The van der Waals surface area contributed by atoms with Gasteiger partial charge in [-0.15, -0.1) is 0 Å². The Kier molecular flexibility index (Phi) is 6.26. The molecular formula is C24H32O4. The van der Waals surface area contributed by atoms with Gasteiger partial charge in [-0.2, -0.15) is 0 Å². The maximum atomic E-state index is 12.8. The van der Waals surface area contributed by atoms with Gasteiger partial charge in [0.05, 0.1) is 7.11 Å². The molecule has 1 saturated carbocycles. The van der Waals surface area contributed by atoms with E-state index in [1.165, 1.54) is 11.6 Å². The van der Waals surface area contributed by atoms with Gasteiger partial charge in [0.25, 0.3) is 0 Å². The maximum absolute atomic E-state index is 12.8. The van der Waals surface area contributed by atoms with E-state index in [9.17, 15) is 9.59 Å². The molecule has 4 heteroatoms. The molecular weight excluding hydrogens is 352 g/mol. The first-order valence-corrected chi connectivity index (χ1v) is 10.4. The fourth-order valence-corrected chi connectivity index (χ4v) is 4.69. The summed E-state index contributed by atoms with van der Waals surface area (Å²) in [6.45, 7) is 6.68. The van der Waals surface area contributed by atoms with Crippen LogP contribution in [0.4, 0.5) is 0 Å². The first-order valence-electron chi connectivity index (χ1n) is 10.4. The van der Waals surface area contributed by atoms with Crippen LogP contribution in [0.3, 0.4) is 0 Å². The van der Waals surface area contributed by atoms with Crippen molar-refractivity contribution in [2.24, 2.45) is 11.8 Å². The lowest BCUT2D eigenvalue weighted by Crippen LogP contribution is -2.43. The summed E-state index contributed by atoms with van der Waals surface area (Å²) in [7, 11) is 1.68. The van der Waals surface area contributed by atoms with Crippen molar-refractivity contribution in [1.82, 2.24) is 0 Å². The monoisotopic (exact) mass is 384 g/mol. The fraction of sp³-hybridized carbons (Fsp3) is 0.583. The molecule has 0 N–H and O–H groups in total. The quantitative estimate of drug-likeness (QED) is 0.670. The van der Waals surface area contributed by atoms with Crippen molar-refractivity contribution in [2.75, 3.05) is 7.11 Å². The van der Waals surface area contributed by atoms with Crippen molar-refractivity contribution >= 4 is 11.8 Å². The second kappa shape index (κ2) is 8.50. The van der Waals surface area contributed by atoms with Gasteiger partial charge in [-0.3, -0.25) is 4.79 Å². The minimum absolute atomic E-state index is 0.0310. The van der Waals surface area contributed by atoms with Gasteiger partial charge < -0.3 is 9.47 Å². The predicted molar refractivity (Wildman–Crippen MR) is 109 cm³/mol. The third kappa shape index (κ3) is 4.48. The van der Waals surface area contributed by atoms with Crippen LogP contribution < -0.4 is 4.74 Å². The highest BCUT2D eigenvalue weighted by Crippen LogP contribution is 2.44. The predicted octanol–water partition coefficient (Wildman–Crippen LogP) is 5.00. The van der Waals surface area contributed by atoms with Crippen molar-refractivity contribution in [2.45, 2.75) is 70.8 Å². The van der Waals surface area contributed by atoms with Crippen molar-refractivity contribution < 1.29 is 19.1 Å². The van der Waals surface area contributed by atoms with Gasteiger partial charge >= 0.3 is 5.97 Å². The molecule has 3 rings (SSSR count). The lowest BCUT2D eigenvalue weighted by Gasteiger charge is -2.44. The largest absolute Gasteiger partial charge is 0.497 e. The molecule has 2 aliphatic carbocycles. The third-order valence-electron chi connectivity index (χ3n) is 6.52. The number of benzene rings is 1. The number of allylic oxidation sites excluding steroid dienone is 1. The summed E-state index contributed by atoms with van der Waals surface area (Å²) in [5, 5.41) is 0. The van der Waals surface area contributed by atoms with Crippen molar-refractivity contribution in [1.29, 1.82) is 0 Å². The molecule has 2 aliphatic rings.